The van der Waals surface area contributed by atoms with Gasteiger partial charge in [-0.25, -0.2) is 8.42 Å². The van der Waals surface area contributed by atoms with Crippen LogP contribution in [0.4, 0.5) is 0 Å². The van der Waals surface area contributed by atoms with Crippen molar-refractivity contribution < 1.29 is 42.5 Å². The van der Waals surface area contributed by atoms with E-state index in [4.69, 9.17) is 0 Å². The van der Waals surface area contributed by atoms with Gasteiger partial charge in [0.2, 0.25) is 0 Å². The van der Waals surface area contributed by atoms with Gasteiger partial charge in [-0.05, 0) is 34.7 Å². The van der Waals surface area contributed by atoms with Crippen LogP contribution >= 0.6 is 0 Å². The molecule has 0 saturated carbocycles. The summed E-state index contributed by atoms with van der Waals surface area (Å²) in [7, 11) is -4.46. The van der Waals surface area contributed by atoms with Crippen molar-refractivity contribution in [3.05, 3.63) is 41.5 Å². The summed E-state index contributed by atoms with van der Waals surface area (Å²) in [5.74, 6) is 0. The fourth-order valence-corrected chi connectivity index (χ4v) is 3.53. The molecular formula is C15H17NaO3S. The van der Waals surface area contributed by atoms with Gasteiger partial charge in [0.15, 0.2) is 0 Å². The van der Waals surface area contributed by atoms with Crippen LogP contribution in [0.25, 0.3) is 10.8 Å². The molecule has 0 heterocycles. The average Bonchev–Trinajstić information content (AvgIpc) is 2.36. The van der Waals surface area contributed by atoms with E-state index in [9.17, 15) is 13.0 Å². The summed E-state index contributed by atoms with van der Waals surface area (Å²) in [4.78, 5) is -0.0238. The third-order valence-electron chi connectivity index (χ3n) is 3.33. The van der Waals surface area contributed by atoms with Gasteiger partial charge in [0, 0.05) is 0 Å². The van der Waals surface area contributed by atoms with E-state index in [2.05, 4.69) is 0 Å². The van der Waals surface area contributed by atoms with Crippen molar-refractivity contribution in [2.75, 3.05) is 0 Å². The first-order valence-electron chi connectivity index (χ1n) is 6.48. The summed E-state index contributed by atoms with van der Waals surface area (Å²) in [6.45, 7) is 3.96. The minimum absolute atomic E-state index is 0. The van der Waals surface area contributed by atoms with Crippen LogP contribution in [0.5, 0.6) is 0 Å². The second-order valence-corrected chi connectivity index (χ2v) is 5.94. The number of aryl methyl sites for hydroxylation is 1. The van der Waals surface area contributed by atoms with Crippen molar-refractivity contribution in [3.63, 3.8) is 0 Å². The van der Waals surface area contributed by atoms with Crippen molar-refractivity contribution in [2.24, 2.45) is 0 Å². The Morgan fingerprint density at radius 3 is 2.35 bits per heavy atom. The van der Waals surface area contributed by atoms with Crippen LogP contribution in [0.3, 0.4) is 0 Å². The third-order valence-corrected chi connectivity index (χ3v) is 4.29. The fourth-order valence-electron chi connectivity index (χ4n) is 2.54. The summed E-state index contributed by atoms with van der Waals surface area (Å²) >= 11 is 0. The number of benzene rings is 2. The molecule has 0 N–H and O–H groups in total. The fraction of sp³-hybridized carbons (Fsp3) is 0.333. The molecule has 0 unspecified atom stereocenters. The van der Waals surface area contributed by atoms with Crippen LogP contribution in [-0.2, 0) is 23.0 Å². The average molecular weight is 300 g/mol. The molecule has 0 atom stereocenters. The molecule has 0 amide bonds. The van der Waals surface area contributed by atoms with E-state index < -0.39 is 10.1 Å². The largest absolute Gasteiger partial charge is 1.00 e. The quantitative estimate of drug-likeness (QED) is 0.601. The molecule has 0 radical (unpaired) electrons. The first-order chi connectivity index (χ1) is 8.99. The molecule has 0 aliphatic rings. The summed E-state index contributed by atoms with van der Waals surface area (Å²) in [5, 5.41) is 1.35. The molecule has 2 aromatic carbocycles. The first kappa shape index (κ1) is 17.7. The Balaban J connectivity index is 0.00000200. The van der Waals surface area contributed by atoms with Crippen molar-refractivity contribution in [1.82, 2.24) is 0 Å². The zero-order chi connectivity index (χ0) is 14.0. The van der Waals surface area contributed by atoms with E-state index in [1.807, 2.05) is 32.0 Å². The van der Waals surface area contributed by atoms with Crippen LogP contribution in [0.1, 0.15) is 31.4 Å². The smallest absolute Gasteiger partial charge is 0.744 e. The van der Waals surface area contributed by atoms with Gasteiger partial charge in [0.1, 0.15) is 10.1 Å². The third kappa shape index (κ3) is 3.43. The molecule has 20 heavy (non-hydrogen) atoms. The molecule has 0 aromatic heterocycles. The molecule has 0 aliphatic heterocycles. The van der Waals surface area contributed by atoms with Crippen LogP contribution in [0, 0.1) is 0 Å². The van der Waals surface area contributed by atoms with Gasteiger partial charge < -0.3 is 4.55 Å². The normalized spacial score (nSPS) is 11.3. The molecule has 2 rings (SSSR count). The number of rotatable bonds is 4. The van der Waals surface area contributed by atoms with Gasteiger partial charge in [-0.3, -0.25) is 0 Å². The van der Waals surface area contributed by atoms with Gasteiger partial charge in [0.25, 0.3) is 0 Å². The maximum Gasteiger partial charge on any atom is 1.00 e. The Morgan fingerprint density at radius 1 is 1.15 bits per heavy atom. The van der Waals surface area contributed by atoms with Crippen molar-refractivity contribution in [1.29, 1.82) is 0 Å². The van der Waals surface area contributed by atoms with Gasteiger partial charge in [-0.1, -0.05) is 50.6 Å². The van der Waals surface area contributed by atoms with E-state index in [1.54, 1.807) is 12.1 Å². The molecule has 102 valence electrons. The predicted octanol–water partition coefficient (Wildman–Crippen LogP) is 0.263. The molecule has 3 nitrogen and oxygen atoms in total. The molecule has 5 heteroatoms. The maximum atomic E-state index is 11.7. The monoisotopic (exact) mass is 300 g/mol. The maximum absolute atomic E-state index is 11.7. The van der Waals surface area contributed by atoms with Gasteiger partial charge in [-0.2, -0.15) is 0 Å². The minimum atomic E-state index is -4.46. The predicted molar refractivity (Wildman–Crippen MR) is 75.3 cm³/mol. The van der Waals surface area contributed by atoms with Crippen molar-refractivity contribution in [3.8, 4) is 0 Å². The van der Waals surface area contributed by atoms with E-state index >= 15 is 0 Å². The summed E-state index contributed by atoms with van der Waals surface area (Å²) < 4.78 is 35.0. The Kier molecular flexibility index (Phi) is 6.23. The molecule has 2 aromatic rings. The number of fused-ring (bicyclic) bond motifs is 1. The Hall–Kier alpha value is -0.390. The van der Waals surface area contributed by atoms with Crippen molar-refractivity contribution in [2.45, 2.75) is 38.0 Å². The van der Waals surface area contributed by atoms with Crippen molar-refractivity contribution >= 4 is 20.9 Å². The summed E-state index contributed by atoms with van der Waals surface area (Å²) in [6, 6.07) is 9.16. The second-order valence-electron chi connectivity index (χ2n) is 4.62. The molecule has 0 saturated heterocycles. The Morgan fingerprint density at radius 2 is 1.80 bits per heavy atom. The summed E-state index contributed by atoms with van der Waals surface area (Å²) in [6.07, 6.45) is 2.15. The minimum Gasteiger partial charge on any atom is -0.744 e. The number of hydrogen-bond donors (Lipinski definition) is 0. The molecular weight excluding hydrogens is 283 g/mol. The van der Waals surface area contributed by atoms with E-state index in [0.717, 1.165) is 23.8 Å². The standard InChI is InChI=1S/C15H18O3S.Na/c1-3-7-13-11(4-2)10-12-8-5-6-9-14(12)15(13)19(16,17)18;/h5-6,8-10H,3-4,7H2,1-2H3,(H,16,17,18);/q;+1/p-1. The Bertz CT molecular complexity index is 708. The Labute approximate surface area is 142 Å². The van der Waals surface area contributed by atoms with Gasteiger partial charge in [-0.15, -0.1) is 0 Å². The molecule has 0 spiro atoms. The molecule has 0 bridgehead atoms. The zero-order valence-corrected chi connectivity index (χ0v) is 15.0. The van der Waals surface area contributed by atoms with E-state index in [-0.39, 0.29) is 34.5 Å². The van der Waals surface area contributed by atoms with E-state index in [1.165, 1.54) is 0 Å². The van der Waals surface area contributed by atoms with Crippen LogP contribution in [0.2, 0.25) is 0 Å². The van der Waals surface area contributed by atoms with Gasteiger partial charge in [0.05, 0.1) is 4.90 Å². The SMILES string of the molecule is CCCc1c(CC)cc2ccccc2c1S(=O)(=O)[O-].[Na+]. The van der Waals surface area contributed by atoms with Gasteiger partial charge >= 0.3 is 29.6 Å². The molecule has 0 fully saturated rings. The first-order valence-corrected chi connectivity index (χ1v) is 7.89. The zero-order valence-electron chi connectivity index (χ0n) is 12.1. The van der Waals surface area contributed by atoms with E-state index in [0.29, 0.717) is 17.4 Å². The topological polar surface area (TPSA) is 57.2 Å². The van der Waals surface area contributed by atoms with Crippen LogP contribution in [0.15, 0.2) is 35.2 Å². The molecule has 0 aliphatic carbocycles. The summed E-state index contributed by atoms with van der Waals surface area (Å²) in [5.41, 5.74) is 1.65. The second kappa shape index (κ2) is 7.05. The van der Waals surface area contributed by atoms with Crippen LogP contribution in [-0.4, -0.2) is 13.0 Å². The number of hydrogen-bond acceptors (Lipinski definition) is 3. The van der Waals surface area contributed by atoms with Crippen LogP contribution < -0.4 is 29.6 Å².